The Kier molecular flexibility index (Phi) is 9.93. The molecule has 0 spiro atoms. The van der Waals surface area contributed by atoms with E-state index >= 15 is 0 Å². The van der Waals surface area contributed by atoms with Crippen LogP contribution in [0.4, 0.5) is 11.4 Å². The van der Waals surface area contributed by atoms with Crippen molar-refractivity contribution < 1.29 is 23.8 Å². The molecule has 0 aromatic heterocycles. The maximum Gasteiger partial charge on any atom is 0.338 e. The highest BCUT2D eigenvalue weighted by Crippen LogP contribution is 2.24. The van der Waals surface area contributed by atoms with Crippen LogP contribution in [0.15, 0.2) is 61.2 Å². The van der Waals surface area contributed by atoms with Crippen LogP contribution in [0.25, 0.3) is 6.08 Å². The van der Waals surface area contributed by atoms with Crippen LogP contribution in [0, 0.1) is 0 Å². The first-order chi connectivity index (χ1) is 16.9. The summed E-state index contributed by atoms with van der Waals surface area (Å²) in [6.45, 7) is 4.61. The van der Waals surface area contributed by atoms with E-state index in [1.165, 1.54) is 6.08 Å². The van der Waals surface area contributed by atoms with Crippen molar-refractivity contribution in [3.05, 3.63) is 77.9 Å². The van der Waals surface area contributed by atoms with Crippen molar-refractivity contribution in [2.75, 3.05) is 24.7 Å². The van der Waals surface area contributed by atoms with Gasteiger partial charge in [-0.15, -0.1) is 6.58 Å². The Balaban J connectivity index is 1.39. The summed E-state index contributed by atoms with van der Waals surface area (Å²) >= 11 is 0. The number of benzene rings is 2. The Hall–Kier alpha value is -3.58. The van der Waals surface area contributed by atoms with E-state index in [-0.39, 0.29) is 24.8 Å². The minimum absolute atomic E-state index is 0.0835. The molecule has 1 aliphatic rings. The first-order valence-electron chi connectivity index (χ1n) is 12.0. The molecule has 0 unspecified atom stereocenters. The predicted molar refractivity (Wildman–Crippen MR) is 138 cm³/mol. The molecule has 0 radical (unpaired) electrons. The van der Waals surface area contributed by atoms with E-state index in [0.717, 1.165) is 43.2 Å². The van der Waals surface area contributed by atoms with Crippen LogP contribution in [-0.4, -0.2) is 37.4 Å². The lowest BCUT2D eigenvalue weighted by Crippen LogP contribution is -2.28. The number of carbonyl (C=O) groups is 2. The number of nitrogen functional groups attached to an aromatic ring is 2. The quantitative estimate of drug-likeness (QED) is 0.158. The van der Waals surface area contributed by atoms with E-state index in [0.29, 0.717) is 30.0 Å². The molecule has 4 N–H and O–H groups in total. The zero-order valence-electron chi connectivity index (χ0n) is 20.0. The maximum absolute atomic E-state index is 12.5. The second-order valence-electron chi connectivity index (χ2n) is 8.63. The monoisotopic (exact) mass is 478 g/mol. The van der Waals surface area contributed by atoms with Gasteiger partial charge >= 0.3 is 11.9 Å². The fourth-order valence-electron chi connectivity index (χ4n) is 3.96. The van der Waals surface area contributed by atoms with Crippen LogP contribution in [0.3, 0.4) is 0 Å². The van der Waals surface area contributed by atoms with E-state index in [4.69, 9.17) is 25.7 Å². The molecule has 7 nitrogen and oxygen atoms in total. The number of hydrogen-bond donors (Lipinski definition) is 2. The Morgan fingerprint density at radius 1 is 0.943 bits per heavy atom. The van der Waals surface area contributed by atoms with Gasteiger partial charge in [0.15, 0.2) is 0 Å². The molecule has 1 saturated carbocycles. The average Bonchev–Trinajstić information content (AvgIpc) is 2.84. The largest absolute Gasteiger partial charge is 0.462 e. The SMILES string of the molecule is C=CCCOC1CCC(OC(=O)c2ccc(/C=C/C(=O)OCCc3cc(N)cc(N)c3)cc2)CC1. The van der Waals surface area contributed by atoms with Gasteiger partial charge in [0.1, 0.15) is 6.10 Å². The molecule has 186 valence electrons. The van der Waals surface area contributed by atoms with Crippen LogP contribution in [0.5, 0.6) is 0 Å². The molecule has 35 heavy (non-hydrogen) atoms. The molecule has 0 saturated heterocycles. The topological polar surface area (TPSA) is 114 Å². The Morgan fingerprint density at radius 3 is 2.26 bits per heavy atom. The van der Waals surface area contributed by atoms with Crippen LogP contribution in [0.2, 0.25) is 0 Å². The third-order valence-electron chi connectivity index (χ3n) is 5.80. The summed E-state index contributed by atoms with van der Waals surface area (Å²) < 4.78 is 16.7. The highest BCUT2D eigenvalue weighted by atomic mass is 16.5. The summed E-state index contributed by atoms with van der Waals surface area (Å²) in [5.74, 6) is -0.785. The van der Waals surface area contributed by atoms with Crippen molar-refractivity contribution in [1.29, 1.82) is 0 Å². The minimum atomic E-state index is -0.450. The van der Waals surface area contributed by atoms with Crippen molar-refractivity contribution in [3.8, 4) is 0 Å². The van der Waals surface area contributed by atoms with Gasteiger partial charge in [0.05, 0.1) is 24.9 Å². The number of ether oxygens (including phenoxy) is 3. The molecule has 0 aliphatic heterocycles. The van der Waals surface area contributed by atoms with E-state index in [9.17, 15) is 9.59 Å². The van der Waals surface area contributed by atoms with Crippen LogP contribution in [0.1, 0.15) is 53.6 Å². The highest BCUT2D eigenvalue weighted by molar-refractivity contribution is 5.90. The summed E-state index contributed by atoms with van der Waals surface area (Å²) in [5.41, 5.74) is 14.9. The Bertz CT molecular complexity index is 1000. The molecule has 0 atom stereocenters. The normalized spacial score (nSPS) is 17.7. The van der Waals surface area contributed by atoms with Gasteiger partial charge in [-0.25, -0.2) is 9.59 Å². The molecule has 3 rings (SSSR count). The first-order valence-corrected chi connectivity index (χ1v) is 12.0. The second kappa shape index (κ2) is 13.3. The Labute approximate surface area is 206 Å². The summed E-state index contributed by atoms with van der Waals surface area (Å²) in [6.07, 6.45) is 9.76. The number of anilines is 2. The van der Waals surface area contributed by atoms with Gasteiger partial charge in [-0.3, -0.25) is 0 Å². The number of nitrogens with two attached hydrogens (primary N) is 2. The van der Waals surface area contributed by atoms with Gasteiger partial charge in [0.2, 0.25) is 0 Å². The van der Waals surface area contributed by atoms with Crippen LogP contribution >= 0.6 is 0 Å². The summed E-state index contributed by atoms with van der Waals surface area (Å²) in [5, 5.41) is 0. The third kappa shape index (κ3) is 8.94. The summed E-state index contributed by atoms with van der Waals surface area (Å²) in [4.78, 5) is 24.5. The first kappa shape index (κ1) is 26.0. The van der Waals surface area contributed by atoms with Gasteiger partial charge in [0.25, 0.3) is 0 Å². The van der Waals surface area contributed by atoms with Crippen molar-refractivity contribution in [2.45, 2.75) is 50.7 Å². The molecule has 1 fully saturated rings. The van der Waals surface area contributed by atoms with E-state index in [1.807, 2.05) is 6.08 Å². The van der Waals surface area contributed by atoms with Crippen LogP contribution in [-0.2, 0) is 25.4 Å². The molecule has 0 bridgehead atoms. The number of carbonyl (C=O) groups excluding carboxylic acids is 2. The Morgan fingerprint density at radius 2 is 1.60 bits per heavy atom. The average molecular weight is 479 g/mol. The maximum atomic E-state index is 12.5. The zero-order valence-corrected chi connectivity index (χ0v) is 20.0. The number of esters is 2. The molecule has 7 heteroatoms. The minimum Gasteiger partial charge on any atom is -0.462 e. The molecule has 0 amide bonds. The number of hydrogen-bond acceptors (Lipinski definition) is 7. The molecule has 1 aliphatic carbocycles. The van der Waals surface area contributed by atoms with Gasteiger partial charge in [0, 0.05) is 23.9 Å². The van der Waals surface area contributed by atoms with Crippen molar-refractivity contribution >= 4 is 29.4 Å². The number of rotatable bonds is 11. The summed E-state index contributed by atoms with van der Waals surface area (Å²) in [7, 11) is 0. The lowest BCUT2D eigenvalue weighted by Gasteiger charge is -2.28. The molecular weight excluding hydrogens is 444 g/mol. The summed E-state index contributed by atoms with van der Waals surface area (Å²) in [6, 6.07) is 12.2. The molecule has 2 aromatic carbocycles. The fourth-order valence-corrected chi connectivity index (χ4v) is 3.96. The molecule has 2 aromatic rings. The fraction of sp³-hybridized carbons (Fsp3) is 0.357. The van der Waals surface area contributed by atoms with Crippen LogP contribution < -0.4 is 11.5 Å². The molecular formula is C28H34N2O5. The van der Waals surface area contributed by atoms with Gasteiger partial charge in [-0.1, -0.05) is 18.2 Å². The van der Waals surface area contributed by atoms with E-state index in [2.05, 4.69) is 6.58 Å². The van der Waals surface area contributed by atoms with Gasteiger partial charge in [-0.2, -0.15) is 0 Å². The van der Waals surface area contributed by atoms with Gasteiger partial charge in [-0.05, 0) is 79.6 Å². The zero-order chi connectivity index (χ0) is 25.0. The third-order valence-corrected chi connectivity index (χ3v) is 5.80. The predicted octanol–water partition coefficient (Wildman–Crippen LogP) is 4.71. The standard InChI is InChI=1S/C28H34N2O5/c1-2-3-15-33-25-9-11-26(12-10-25)35-28(32)22-7-4-20(5-8-22)6-13-27(31)34-16-14-21-17-23(29)19-24(30)18-21/h2,4-8,13,17-19,25-26H,1,3,9-12,14-16,29-30H2/b13-6+. The smallest absolute Gasteiger partial charge is 0.338 e. The second-order valence-corrected chi connectivity index (χ2v) is 8.63. The van der Waals surface area contributed by atoms with E-state index in [1.54, 1.807) is 48.5 Å². The van der Waals surface area contributed by atoms with Gasteiger partial charge < -0.3 is 25.7 Å². The van der Waals surface area contributed by atoms with Crippen molar-refractivity contribution in [3.63, 3.8) is 0 Å². The molecule has 0 heterocycles. The van der Waals surface area contributed by atoms with Crippen molar-refractivity contribution in [2.24, 2.45) is 0 Å². The lowest BCUT2D eigenvalue weighted by molar-refractivity contribution is -0.137. The highest BCUT2D eigenvalue weighted by Gasteiger charge is 2.24. The van der Waals surface area contributed by atoms with Crippen molar-refractivity contribution in [1.82, 2.24) is 0 Å². The lowest BCUT2D eigenvalue weighted by atomic mass is 9.95. The van der Waals surface area contributed by atoms with E-state index < -0.39 is 5.97 Å².